The summed E-state index contributed by atoms with van der Waals surface area (Å²) in [5, 5.41) is 9.26. The molecule has 1 aromatic carbocycles. The summed E-state index contributed by atoms with van der Waals surface area (Å²) in [5.74, 6) is 1.55. The lowest BCUT2D eigenvalue weighted by molar-refractivity contribution is 0.217. The lowest BCUT2D eigenvalue weighted by Gasteiger charge is -2.21. The summed E-state index contributed by atoms with van der Waals surface area (Å²) < 4.78 is 5.62. The van der Waals surface area contributed by atoms with E-state index in [4.69, 9.17) is 10.5 Å². The standard InChI is InChI=1S/C16H27NO2/c1-5-19-16-7-6-15(12(3)13(16)4)11(2)8-14(9-17)10-18/h6-7,11,14,18H,5,8-10,17H2,1-4H3. The minimum Gasteiger partial charge on any atom is -0.494 e. The fraction of sp³-hybridized carbons (Fsp3) is 0.625. The summed E-state index contributed by atoms with van der Waals surface area (Å²) in [7, 11) is 0. The molecule has 108 valence electrons. The van der Waals surface area contributed by atoms with Gasteiger partial charge in [0.15, 0.2) is 0 Å². The van der Waals surface area contributed by atoms with Crippen LogP contribution in [-0.4, -0.2) is 24.9 Å². The predicted octanol–water partition coefficient (Wildman–Crippen LogP) is 2.76. The summed E-state index contributed by atoms with van der Waals surface area (Å²) in [6, 6.07) is 4.19. The van der Waals surface area contributed by atoms with E-state index < -0.39 is 0 Å². The van der Waals surface area contributed by atoms with Crippen LogP contribution in [0.25, 0.3) is 0 Å². The molecule has 0 spiro atoms. The quantitative estimate of drug-likeness (QED) is 0.797. The van der Waals surface area contributed by atoms with Crippen LogP contribution in [0.5, 0.6) is 5.75 Å². The molecule has 0 aromatic heterocycles. The zero-order valence-electron chi connectivity index (χ0n) is 12.6. The summed E-state index contributed by atoms with van der Waals surface area (Å²) in [4.78, 5) is 0. The lowest BCUT2D eigenvalue weighted by Crippen LogP contribution is -2.20. The minimum absolute atomic E-state index is 0.163. The van der Waals surface area contributed by atoms with Crippen molar-refractivity contribution in [3.05, 3.63) is 28.8 Å². The normalized spacial score (nSPS) is 14.2. The molecule has 1 aromatic rings. The third kappa shape index (κ3) is 3.95. The number of aliphatic hydroxyl groups excluding tert-OH is 1. The van der Waals surface area contributed by atoms with Crippen molar-refractivity contribution in [1.82, 2.24) is 0 Å². The fourth-order valence-corrected chi connectivity index (χ4v) is 2.53. The van der Waals surface area contributed by atoms with Crippen LogP contribution in [-0.2, 0) is 0 Å². The van der Waals surface area contributed by atoms with Crippen LogP contribution in [0.4, 0.5) is 0 Å². The van der Waals surface area contributed by atoms with E-state index in [1.54, 1.807) is 0 Å². The molecule has 0 fully saturated rings. The molecule has 0 radical (unpaired) electrons. The molecule has 2 unspecified atom stereocenters. The first-order chi connectivity index (χ1) is 9.04. The Bertz CT molecular complexity index is 400. The number of nitrogens with two attached hydrogens (primary N) is 1. The van der Waals surface area contributed by atoms with E-state index in [0.29, 0.717) is 19.1 Å². The van der Waals surface area contributed by atoms with E-state index in [0.717, 1.165) is 12.2 Å². The van der Waals surface area contributed by atoms with Gasteiger partial charge in [-0.25, -0.2) is 0 Å². The van der Waals surface area contributed by atoms with Crippen LogP contribution >= 0.6 is 0 Å². The van der Waals surface area contributed by atoms with Gasteiger partial charge in [0.1, 0.15) is 5.75 Å². The van der Waals surface area contributed by atoms with Gasteiger partial charge >= 0.3 is 0 Å². The van der Waals surface area contributed by atoms with Crippen molar-refractivity contribution >= 4 is 0 Å². The van der Waals surface area contributed by atoms with Crippen LogP contribution in [0.15, 0.2) is 12.1 Å². The van der Waals surface area contributed by atoms with E-state index in [1.165, 1.54) is 16.7 Å². The molecule has 0 bridgehead atoms. The minimum atomic E-state index is 0.163. The molecule has 0 saturated heterocycles. The van der Waals surface area contributed by atoms with Crippen molar-refractivity contribution in [3.63, 3.8) is 0 Å². The number of hydrogen-bond donors (Lipinski definition) is 2. The lowest BCUT2D eigenvalue weighted by atomic mass is 9.86. The fourth-order valence-electron chi connectivity index (χ4n) is 2.53. The van der Waals surface area contributed by atoms with Crippen molar-refractivity contribution in [2.45, 2.75) is 40.0 Å². The molecule has 19 heavy (non-hydrogen) atoms. The van der Waals surface area contributed by atoms with Gasteiger partial charge in [0.2, 0.25) is 0 Å². The molecule has 3 N–H and O–H groups in total. The molecule has 0 heterocycles. The molecule has 0 amide bonds. The van der Waals surface area contributed by atoms with Gasteiger partial charge in [-0.15, -0.1) is 0 Å². The van der Waals surface area contributed by atoms with Crippen LogP contribution < -0.4 is 10.5 Å². The van der Waals surface area contributed by atoms with E-state index in [2.05, 4.69) is 26.8 Å². The van der Waals surface area contributed by atoms with Crippen molar-refractivity contribution in [3.8, 4) is 5.75 Å². The zero-order valence-corrected chi connectivity index (χ0v) is 12.6. The highest BCUT2D eigenvalue weighted by molar-refractivity contribution is 5.44. The van der Waals surface area contributed by atoms with Gasteiger partial charge in [0.25, 0.3) is 0 Å². The second kappa shape index (κ2) is 7.51. The highest BCUT2D eigenvalue weighted by atomic mass is 16.5. The number of ether oxygens (including phenoxy) is 1. The first kappa shape index (κ1) is 16.0. The van der Waals surface area contributed by atoms with Gasteiger partial charge < -0.3 is 15.6 Å². The first-order valence-electron chi connectivity index (χ1n) is 7.08. The van der Waals surface area contributed by atoms with Gasteiger partial charge in [0.05, 0.1) is 6.61 Å². The maximum absolute atomic E-state index is 9.26. The van der Waals surface area contributed by atoms with Gasteiger partial charge in [-0.2, -0.15) is 0 Å². The van der Waals surface area contributed by atoms with E-state index in [9.17, 15) is 5.11 Å². The number of hydrogen-bond acceptors (Lipinski definition) is 3. The summed E-state index contributed by atoms with van der Waals surface area (Å²) in [6.45, 7) is 9.82. The molecule has 0 aliphatic carbocycles. The van der Waals surface area contributed by atoms with Gasteiger partial charge in [-0.3, -0.25) is 0 Å². The largest absolute Gasteiger partial charge is 0.494 e. The highest BCUT2D eigenvalue weighted by Crippen LogP contribution is 2.31. The molecule has 2 atom stereocenters. The maximum Gasteiger partial charge on any atom is 0.122 e. The van der Waals surface area contributed by atoms with Gasteiger partial charge in [0, 0.05) is 6.61 Å². The van der Waals surface area contributed by atoms with Crippen molar-refractivity contribution in [2.75, 3.05) is 19.8 Å². The third-order valence-corrected chi connectivity index (χ3v) is 3.89. The number of rotatable bonds is 7. The Morgan fingerprint density at radius 3 is 2.47 bits per heavy atom. The SMILES string of the molecule is CCOc1ccc(C(C)CC(CN)CO)c(C)c1C. The topological polar surface area (TPSA) is 55.5 Å². The predicted molar refractivity (Wildman–Crippen MR) is 79.7 cm³/mol. The average molecular weight is 265 g/mol. The van der Waals surface area contributed by atoms with Crippen LogP contribution in [0.2, 0.25) is 0 Å². The molecule has 3 heteroatoms. The Balaban J connectivity index is 2.92. The molecule has 3 nitrogen and oxygen atoms in total. The van der Waals surface area contributed by atoms with Crippen LogP contribution in [0, 0.1) is 19.8 Å². The maximum atomic E-state index is 9.26. The Morgan fingerprint density at radius 2 is 1.95 bits per heavy atom. The molecule has 0 aliphatic heterocycles. The molecular formula is C16H27NO2. The Kier molecular flexibility index (Phi) is 6.32. The molecular weight excluding hydrogens is 238 g/mol. The Hall–Kier alpha value is -1.06. The monoisotopic (exact) mass is 265 g/mol. The smallest absolute Gasteiger partial charge is 0.122 e. The van der Waals surface area contributed by atoms with Gasteiger partial charge in [-0.05, 0) is 68.3 Å². The van der Waals surface area contributed by atoms with Crippen molar-refractivity contribution in [2.24, 2.45) is 11.7 Å². The van der Waals surface area contributed by atoms with Crippen LogP contribution in [0.1, 0.15) is 42.9 Å². The number of benzene rings is 1. The van der Waals surface area contributed by atoms with Gasteiger partial charge in [-0.1, -0.05) is 13.0 Å². The molecule has 0 saturated carbocycles. The summed E-state index contributed by atoms with van der Waals surface area (Å²) in [5.41, 5.74) is 9.48. The highest BCUT2D eigenvalue weighted by Gasteiger charge is 2.16. The summed E-state index contributed by atoms with van der Waals surface area (Å²) >= 11 is 0. The van der Waals surface area contributed by atoms with Crippen molar-refractivity contribution < 1.29 is 9.84 Å². The molecule has 1 rings (SSSR count). The van der Waals surface area contributed by atoms with Crippen LogP contribution in [0.3, 0.4) is 0 Å². The van der Waals surface area contributed by atoms with E-state index in [1.807, 2.05) is 13.0 Å². The average Bonchev–Trinajstić information content (AvgIpc) is 2.41. The third-order valence-electron chi connectivity index (χ3n) is 3.89. The second-order valence-corrected chi connectivity index (χ2v) is 5.26. The summed E-state index contributed by atoms with van der Waals surface area (Å²) in [6.07, 6.45) is 0.918. The Morgan fingerprint density at radius 1 is 1.26 bits per heavy atom. The first-order valence-corrected chi connectivity index (χ1v) is 7.08. The Labute approximate surface area is 116 Å². The van der Waals surface area contributed by atoms with Crippen molar-refractivity contribution in [1.29, 1.82) is 0 Å². The number of aliphatic hydroxyl groups is 1. The van der Waals surface area contributed by atoms with E-state index >= 15 is 0 Å². The van der Waals surface area contributed by atoms with E-state index in [-0.39, 0.29) is 12.5 Å². The molecule has 0 aliphatic rings. The zero-order chi connectivity index (χ0) is 14.4. The second-order valence-electron chi connectivity index (χ2n) is 5.26.